The van der Waals surface area contributed by atoms with E-state index in [1.54, 1.807) is 0 Å². The highest BCUT2D eigenvalue weighted by molar-refractivity contribution is 6.32. The lowest BCUT2D eigenvalue weighted by Gasteiger charge is -2.15. The maximum atomic E-state index is 12.1. The van der Waals surface area contributed by atoms with Crippen LogP contribution < -0.4 is 0 Å². The number of carbonyl (C=O) groups excluding carboxylic acids is 1. The molecule has 1 amide bonds. The normalized spacial score (nSPS) is 22.6. The molecule has 0 spiro atoms. The van der Waals surface area contributed by atoms with Gasteiger partial charge >= 0.3 is 0 Å². The molecule has 0 radical (unpaired) electrons. The van der Waals surface area contributed by atoms with Crippen molar-refractivity contribution >= 4 is 23.2 Å². The minimum atomic E-state index is -1.03. The third-order valence-electron chi connectivity index (χ3n) is 2.81. The Bertz CT molecular complexity index is 528. The number of halogens is 1. The van der Waals surface area contributed by atoms with Gasteiger partial charge in [-0.2, -0.15) is 0 Å². The molecule has 1 aliphatic heterocycles. The van der Waals surface area contributed by atoms with Gasteiger partial charge in [0.05, 0.1) is 22.7 Å². The SMILES string of the molecule is O=C(c1cc([N+](=O)[O-])cnc1Cl)N1CC(O)C(O)C1. The zero-order chi connectivity index (χ0) is 14.2. The van der Waals surface area contributed by atoms with E-state index >= 15 is 0 Å². The van der Waals surface area contributed by atoms with Crippen LogP contribution in [-0.2, 0) is 0 Å². The number of pyridine rings is 1. The monoisotopic (exact) mass is 287 g/mol. The van der Waals surface area contributed by atoms with Crippen LogP contribution in [0.3, 0.4) is 0 Å². The van der Waals surface area contributed by atoms with E-state index in [2.05, 4.69) is 4.98 Å². The quantitative estimate of drug-likeness (QED) is 0.443. The van der Waals surface area contributed by atoms with E-state index in [0.717, 1.165) is 12.3 Å². The van der Waals surface area contributed by atoms with Crippen molar-refractivity contribution in [3.63, 3.8) is 0 Å². The Hall–Kier alpha value is -1.77. The molecule has 1 fully saturated rings. The molecule has 2 heterocycles. The minimum absolute atomic E-state index is 0.0565. The van der Waals surface area contributed by atoms with Crippen molar-refractivity contribution in [2.24, 2.45) is 0 Å². The van der Waals surface area contributed by atoms with Gasteiger partial charge in [-0.25, -0.2) is 4.98 Å². The average molecular weight is 288 g/mol. The van der Waals surface area contributed by atoms with E-state index < -0.39 is 23.0 Å². The van der Waals surface area contributed by atoms with Gasteiger partial charge in [0.15, 0.2) is 0 Å². The summed E-state index contributed by atoms with van der Waals surface area (Å²) in [6.45, 7) is -0.113. The van der Waals surface area contributed by atoms with Crippen molar-refractivity contribution in [2.45, 2.75) is 12.2 Å². The Morgan fingerprint density at radius 3 is 2.58 bits per heavy atom. The van der Waals surface area contributed by atoms with E-state index in [0.29, 0.717) is 0 Å². The number of hydrogen-bond acceptors (Lipinski definition) is 6. The Morgan fingerprint density at radius 1 is 1.47 bits per heavy atom. The first-order chi connectivity index (χ1) is 8.90. The summed E-state index contributed by atoms with van der Waals surface area (Å²) in [6, 6.07) is 1.02. The molecule has 0 saturated carbocycles. The Kier molecular flexibility index (Phi) is 3.65. The van der Waals surface area contributed by atoms with Crippen LogP contribution in [0.1, 0.15) is 10.4 Å². The third kappa shape index (κ3) is 2.65. The lowest BCUT2D eigenvalue weighted by molar-refractivity contribution is -0.385. The summed E-state index contributed by atoms with van der Waals surface area (Å²) in [7, 11) is 0. The number of aliphatic hydroxyl groups is 2. The van der Waals surface area contributed by atoms with Crippen molar-refractivity contribution in [2.75, 3.05) is 13.1 Å². The van der Waals surface area contributed by atoms with Gasteiger partial charge in [-0.3, -0.25) is 14.9 Å². The standard InChI is InChI=1S/C10H10ClN3O5/c11-9-6(1-5(2-12-9)14(18)19)10(17)13-3-7(15)8(16)4-13/h1-2,7-8,15-16H,3-4H2. The molecule has 19 heavy (non-hydrogen) atoms. The van der Waals surface area contributed by atoms with Crippen LogP contribution in [0.5, 0.6) is 0 Å². The maximum absolute atomic E-state index is 12.1. The number of aliphatic hydroxyl groups excluding tert-OH is 2. The topological polar surface area (TPSA) is 117 Å². The first-order valence-electron chi connectivity index (χ1n) is 5.35. The van der Waals surface area contributed by atoms with Crippen molar-refractivity contribution in [1.82, 2.24) is 9.88 Å². The Morgan fingerprint density at radius 2 is 2.05 bits per heavy atom. The lowest BCUT2D eigenvalue weighted by atomic mass is 10.2. The summed E-state index contributed by atoms with van der Waals surface area (Å²) in [5.74, 6) is -0.614. The van der Waals surface area contributed by atoms with E-state index in [9.17, 15) is 25.1 Å². The highest BCUT2D eigenvalue weighted by Gasteiger charge is 2.34. The van der Waals surface area contributed by atoms with Crippen molar-refractivity contribution in [1.29, 1.82) is 0 Å². The predicted molar refractivity (Wildman–Crippen MR) is 63.8 cm³/mol. The fraction of sp³-hybridized carbons (Fsp3) is 0.400. The molecule has 2 N–H and O–H groups in total. The number of nitrogens with zero attached hydrogens (tertiary/aromatic N) is 3. The van der Waals surface area contributed by atoms with E-state index in [4.69, 9.17) is 11.6 Å². The van der Waals surface area contributed by atoms with Crippen molar-refractivity contribution < 1.29 is 19.9 Å². The molecular weight excluding hydrogens is 278 g/mol. The van der Waals surface area contributed by atoms with Crippen molar-refractivity contribution in [3.05, 3.63) is 33.1 Å². The molecule has 2 rings (SSSR count). The van der Waals surface area contributed by atoms with Gasteiger partial charge < -0.3 is 15.1 Å². The van der Waals surface area contributed by atoms with Gasteiger partial charge in [0.2, 0.25) is 0 Å². The molecule has 8 nitrogen and oxygen atoms in total. The Balaban J connectivity index is 2.29. The second-order valence-electron chi connectivity index (χ2n) is 4.13. The summed E-state index contributed by atoms with van der Waals surface area (Å²) in [4.78, 5) is 26.8. The zero-order valence-corrected chi connectivity index (χ0v) is 10.3. The number of carbonyl (C=O) groups is 1. The molecule has 0 aromatic carbocycles. The summed E-state index contributed by atoms with van der Waals surface area (Å²) >= 11 is 5.74. The summed E-state index contributed by atoms with van der Waals surface area (Å²) in [5.41, 5.74) is -0.481. The van der Waals surface area contributed by atoms with E-state index in [-0.39, 0.29) is 29.5 Å². The van der Waals surface area contributed by atoms with Gasteiger partial charge in [0.25, 0.3) is 11.6 Å². The smallest absolute Gasteiger partial charge is 0.288 e. The Labute approximate surface area is 112 Å². The molecule has 102 valence electrons. The van der Waals surface area contributed by atoms with Crippen LogP contribution in [0.2, 0.25) is 5.15 Å². The number of likely N-dealkylation sites (tertiary alicyclic amines) is 1. The number of β-amino-alcohol motifs (C(OH)–C–C–N with tert-alkyl or cyclic N) is 2. The fourth-order valence-corrected chi connectivity index (χ4v) is 1.98. The van der Waals surface area contributed by atoms with Crippen LogP contribution >= 0.6 is 11.6 Å². The lowest BCUT2D eigenvalue weighted by Crippen LogP contribution is -2.30. The number of hydrogen-bond donors (Lipinski definition) is 2. The molecule has 2 unspecified atom stereocenters. The second-order valence-corrected chi connectivity index (χ2v) is 4.49. The molecule has 1 aromatic heterocycles. The fourth-order valence-electron chi connectivity index (χ4n) is 1.79. The highest BCUT2D eigenvalue weighted by atomic mass is 35.5. The van der Waals surface area contributed by atoms with E-state index in [1.165, 1.54) is 4.90 Å². The van der Waals surface area contributed by atoms with Crippen LogP contribution in [0.4, 0.5) is 5.69 Å². The molecule has 1 saturated heterocycles. The average Bonchev–Trinajstić information content (AvgIpc) is 2.69. The largest absolute Gasteiger partial charge is 0.388 e. The molecule has 1 aliphatic rings. The van der Waals surface area contributed by atoms with Gasteiger partial charge in [0, 0.05) is 19.2 Å². The summed E-state index contributed by atoms with van der Waals surface area (Å²) in [6.07, 6.45) is -1.11. The molecular formula is C10H10ClN3O5. The zero-order valence-electron chi connectivity index (χ0n) is 9.56. The maximum Gasteiger partial charge on any atom is 0.288 e. The van der Waals surface area contributed by atoms with Gasteiger partial charge in [0.1, 0.15) is 11.3 Å². The van der Waals surface area contributed by atoms with Gasteiger partial charge in [-0.05, 0) is 0 Å². The number of aromatic nitrogens is 1. The predicted octanol–water partition coefficient (Wildman–Crippen LogP) is -0.179. The number of nitro groups is 1. The molecule has 9 heteroatoms. The first kappa shape index (κ1) is 13.7. The molecule has 2 atom stereocenters. The van der Waals surface area contributed by atoms with Crippen LogP contribution in [0.25, 0.3) is 0 Å². The minimum Gasteiger partial charge on any atom is -0.388 e. The number of amides is 1. The third-order valence-corrected chi connectivity index (χ3v) is 3.11. The van der Waals surface area contributed by atoms with Crippen LogP contribution in [-0.4, -0.2) is 56.2 Å². The molecule has 0 bridgehead atoms. The van der Waals surface area contributed by atoms with Crippen LogP contribution in [0.15, 0.2) is 12.3 Å². The van der Waals surface area contributed by atoms with Crippen LogP contribution in [0, 0.1) is 10.1 Å². The van der Waals surface area contributed by atoms with Gasteiger partial charge in [-0.15, -0.1) is 0 Å². The number of rotatable bonds is 2. The van der Waals surface area contributed by atoms with Crippen molar-refractivity contribution in [3.8, 4) is 0 Å². The first-order valence-corrected chi connectivity index (χ1v) is 5.73. The molecule has 0 aliphatic carbocycles. The molecule has 1 aromatic rings. The summed E-state index contributed by atoms with van der Waals surface area (Å²) in [5, 5.41) is 29.2. The highest BCUT2D eigenvalue weighted by Crippen LogP contribution is 2.22. The second kappa shape index (κ2) is 5.08. The summed E-state index contributed by atoms with van der Waals surface area (Å²) < 4.78 is 0. The van der Waals surface area contributed by atoms with Gasteiger partial charge in [-0.1, -0.05) is 11.6 Å². The van der Waals surface area contributed by atoms with E-state index in [1.807, 2.05) is 0 Å².